The number of hydrogen-bond acceptors (Lipinski definition) is 2. The minimum Gasteiger partial charge on any atom is -0.308 e. The minimum atomic E-state index is 0.563. The smallest absolute Gasteiger partial charge is 0.0490 e. The predicted molar refractivity (Wildman–Crippen MR) is 54.3 cm³/mol. The van der Waals surface area contributed by atoms with Crippen molar-refractivity contribution in [1.29, 1.82) is 0 Å². The van der Waals surface area contributed by atoms with Gasteiger partial charge in [0.25, 0.3) is 0 Å². The molecule has 2 N–H and O–H groups in total. The summed E-state index contributed by atoms with van der Waals surface area (Å²) >= 11 is 0. The Morgan fingerprint density at radius 1 is 1.54 bits per heavy atom. The van der Waals surface area contributed by atoms with Gasteiger partial charge in [0.2, 0.25) is 0 Å². The lowest BCUT2D eigenvalue weighted by Crippen LogP contribution is -2.31. The van der Waals surface area contributed by atoms with Crippen molar-refractivity contribution in [3.05, 3.63) is 18.0 Å². The molecule has 3 nitrogen and oxygen atoms in total. The summed E-state index contributed by atoms with van der Waals surface area (Å²) in [5.74, 6) is 0.725. The lowest BCUT2D eigenvalue weighted by Gasteiger charge is -2.19. The second kappa shape index (κ2) is 5.02. The molecule has 0 aromatic carbocycles. The van der Waals surface area contributed by atoms with Gasteiger partial charge in [-0.15, -0.1) is 0 Å². The molecule has 74 valence electrons. The van der Waals surface area contributed by atoms with Crippen LogP contribution < -0.4 is 5.32 Å². The normalized spacial score (nSPS) is 15.6. The van der Waals surface area contributed by atoms with E-state index in [-0.39, 0.29) is 0 Å². The Kier molecular flexibility index (Phi) is 3.96. The Bertz CT molecular complexity index is 218. The maximum atomic E-state index is 3.90. The Morgan fingerprint density at radius 2 is 2.31 bits per heavy atom. The predicted octanol–water partition coefficient (Wildman–Crippen LogP) is 1.93. The standard InChI is InChI=1S/C10H19N3/c1-4-8(2)9(3)11-7-10-5-6-12-13-10/h5-6,8-9,11H,4,7H2,1-3H3,(H,12,13). The van der Waals surface area contributed by atoms with Crippen molar-refractivity contribution < 1.29 is 0 Å². The van der Waals surface area contributed by atoms with E-state index in [4.69, 9.17) is 0 Å². The molecule has 0 aliphatic heterocycles. The van der Waals surface area contributed by atoms with Crippen molar-refractivity contribution in [2.75, 3.05) is 0 Å². The third-order valence-electron chi connectivity index (χ3n) is 2.67. The van der Waals surface area contributed by atoms with Crippen LogP contribution in [0.3, 0.4) is 0 Å². The summed E-state index contributed by atoms with van der Waals surface area (Å²) in [6.07, 6.45) is 3.00. The highest BCUT2D eigenvalue weighted by Gasteiger charge is 2.08. The van der Waals surface area contributed by atoms with E-state index in [0.717, 1.165) is 18.2 Å². The first-order valence-corrected chi connectivity index (χ1v) is 4.95. The van der Waals surface area contributed by atoms with Crippen LogP contribution in [0, 0.1) is 5.92 Å². The summed E-state index contributed by atoms with van der Waals surface area (Å²) < 4.78 is 0. The number of aromatic nitrogens is 2. The van der Waals surface area contributed by atoms with Crippen LogP contribution in [0.2, 0.25) is 0 Å². The second-order valence-electron chi connectivity index (χ2n) is 3.64. The Hall–Kier alpha value is -0.830. The zero-order valence-electron chi connectivity index (χ0n) is 8.67. The molecule has 13 heavy (non-hydrogen) atoms. The molecule has 1 heterocycles. The average molecular weight is 181 g/mol. The average Bonchev–Trinajstić information content (AvgIpc) is 2.65. The van der Waals surface area contributed by atoms with Crippen LogP contribution in [0.15, 0.2) is 12.3 Å². The molecule has 0 spiro atoms. The van der Waals surface area contributed by atoms with Crippen molar-refractivity contribution in [1.82, 2.24) is 15.5 Å². The Balaban J connectivity index is 2.26. The van der Waals surface area contributed by atoms with Crippen molar-refractivity contribution in [2.24, 2.45) is 5.92 Å². The number of aromatic amines is 1. The summed E-state index contributed by atoms with van der Waals surface area (Å²) in [5, 5.41) is 10.3. The van der Waals surface area contributed by atoms with Crippen molar-refractivity contribution in [3.63, 3.8) is 0 Å². The van der Waals surface area contributed by atoms with E-state index in [1.165, 1.54) is 6.42 Å². The fourth-order valence-corrected chi connectivity index (χ4v) is 1.21. The molecule has 0 aliphatic rings. The van der Waals surface area contributed by atoms with Gasteiger partial charge in [-0.1, -0.05) is 20.3 Å². The number of rotatable bonds is 5. The van der Waals surface area contributed by atoms with Crippen molar-refractivity contribution in [3.8, 4) is 0 Å². The quantitative estimate of drug-likeness (QED) is 0.728. The highest BCUT2D eigenvalue weighted by Crippen LogP contribution is 2.06. The Morgan fingerprint density at radius 3 is 2.85 bits per heavy atom. The van der Waals surface area contributed by atoms with Crippen molar-refractivity contribution in [2.45, 2.75) is 39.8 Å². The van der Waals surface area contributed by atoms with Gasteiger partial charge >= 0.3 is 0 Å². The van der Waals surface area contributed by atoms with Crippen LogP contribution in [-0.2, 0) is 6.54 Å². The molecule has 0 bridgehead atoms. The van der Waals surface area contributed by atoms with Crippen LogP contribution in [0.1, 0.15) is 32.9 Å². The molecule has 0 aliphatic carbocycles. The maximum Gasteiger partial charge on any atom is 0.0490 e. The monoisotopic (exact) mass is 181 g/mol. The summed E-state index contributed by atoms with van der Waals surface area (Å²) in [6, 6.07) is 2.56. The van der Waals surface area contributed by atoms with E-state index in [1.54, 1.807) is 6.20 Å². The number of nitrogens with one attached hydrogen (secondary N) is 2. The van der Waals surface area contributed by atoms with E-state index in [0.29, 0.717) is 6.04 Å². The van der Waals surface area contributed by atoms with E-state index >= 15 is 0 Å². The van der Waals surface area contributed by atoms with Crippen molar-refractivity contribution >= 4 is 0 Å². The number of hydrogen-bond donors (Lipinski definition) is 2. The second-order valence-corrected chi connectivity index (χ2v) is 3.64. The van der Waals surface area contributed by atoms with Crippen LogP contribution in [0.4, 0.5) is 0 Å². The van der Waals surface area contributed by atoms with Gasteiger partial charge in [-0.3, -0.25) is 5.10 Å². The third kappa shape index (κ3) is 3.19. The first-order valence-electron chi connectivity index (χ1n) is 4.95. The highest BCUT2D eigenvalue weighted by atomic mass is 15.1. The molecule has 1 aromatic heterocycles. The van der Waals surface area contributed by atoms with E-state index in [1.807, 2.05) is 6.07 Å². The summed E-state index contributed by atoms with van der Waals surface area (Å²) in [4.78, 5) is 0. The van der Waals surface area contributed by atoms with Gasteiger partial charge in [0, 0.05) is 24.5 Å². The number of H-pyrrole nitrogens is 1. The van der Waals surface area contributed by atoms with Gasteiger partial charge in [0.05, 0.1) is 0 Å². The molecule has 0 radical (unpaired) electrons. The summed E-state index contributed by atoms with van der Waals surface area (Å²) in [6.45, 7) is 7.60. The van der Waals surface area contributed by atoms with Gasteiger partial charge in [0.1, 0.15) is 0 Å². The molecular formula is C10H19N3. The molecule has 0 fully saturated rings. The zero-order chi connectivity index (χ0) is 9.68. The van der Waals surface area contributed by atoms with Gasteiger partial charge in [-0.25, -0.2) is 0 Å². The van der Waals surface area contributed by atoms with E-state index < -0.39 is 0 Å². The molecule has 2 unspecified atom stereocenters. The zero-order valence-corrected chi connectivity index (χ0v) is 8.67. The van der Waals surface area contributed by atoms with Crippen LogP contribution >= 0.6 is 0 Å². The maximum absolute atomic E-state index is 3.90. The lowest BCUT2D eigenvalue weighted by molar-refractivity contribution is 0.388. The Labute approximate surface area is 79.9 Å². The topological polar surface area (TPSA) is 40.7 Å². The van der Waals surface area contributed by atoms with Crippen LogP contribution in [-0.4, -0.2) is 16.2 Å². The number of nitrogens with zero attached hydrogens (tertiary/aromatic N) is 1. The van der Waals surface area contributed by atoms with Gasteiger partial charge in [-0.2, -0.15) is 5.10 Å². The molecule has 2 atom stereocenters. The lowest BCUT2D eigenvalue weighted by atomic mass is 10.0. The first kappa shape index (κ1) is 10.3. The summed E-state index contributed by atoms with van der Waals surface area (Å²) in [7, 11) is 0. The van der Waals surface area contributed by atoms with E-state index in [2.05, 4.69) is 36.3 Å². The minimum absolute atomic E-state index is 0.563. The first-order chi connectivity index (χ1) is 6.24. The fraction of sp³-hybridized carbons (Fsp3) is 0.700. The van der Waals surface area contributed by atoms with Crippen LogP contribution in [0.25, 0.3) is 0 Å². The summed E-state index contributed by atoms with van der Waals surface area (Å²) in [5.41, 5.74) is 1.15. The van der Waals surface area contributed by atoms with Gasteiger partial charge < -0.3 is 5.32 Å². The molecule has 1 rings (SSSR count). The molecule has 0 amide bonds. The molecule has 0 saturated carbocycles. The third-order valence-corrected chi connectivity index (χ3v) is 2.67. The van der Waals surface area contributed by atoms with Gasteiger partial charge in [0.15, 0.2) is 0 Å². The molecule has 3 heteroatoms. The largest absolute Gasteiger partial charge is 0.308 e. The van der Waals surface area contributed by atoms with E-state index in [9.17, 15) is 0 Å². The molecule has 0 saturated heterocycles. The molecular weight excluding hydrogens is 162 g/mol. The van der Waals surface area contributed by atoms with Crippen LogP contribution in [0.5, 0.6) is 0 Å². The fourth-order valence-electron chi connectivity index (χ4n) is 1.21. The molecule has 1 aromatic rings. The highest BCUT2D eigenvalue weighted by molar-refractivity contribution is 4.96. The SMILES string of the molecule is CCC(C)C(C)NCc1ccn[nH]1. The van der Waals surface area contributed by atoms with Gasteiger partial charge in [-0.05, 0) is 18.9 Å².